The third-order valence-corrected chi connectivity index (χ3v) is 3.16. The molecule has 2 heterocycles. The molecule has 114 valence electrons. The van der Waals surface area contributed by atoms with Crippen LogP contribution < -0.4 is 10.1 Å². The molecule has 5 nitrogen and oxygen atoms in total. The predicted molar refractivity (Wildman–Crippen MR) is 83.5 cm³/mol. The first-order valence-electron chi connectivity index (χ1n) is 7.48. The molecule has 0 atom stereocenters. The molecule has 0 spiro atoms. The Bertz CT molecular complexity index is 577. The van der Waals surface area contributed by atoms with Crippen molar-refractivity contribution < 1.29 is 4.74 Å². The summed E-state index contributed by atoms with van der Waals surface area (Å²) in [6.07, 6.45) is 4.67. The topological polar surface area (TPSA) is 52.0 Å². The van der Waals surface area contributed by atoms with Crippen molar-refractivity contribution in [3.63, 3.8) is 0 Å². The maximum atomic E-state index is 5.75. The van der Waals surface area contributed by atoms with Crippen LogP contribution in [0, 0.1) is 6.92 Å². The number of aromatic nitrogens is 3. The van der Waals surface area contributed by atoms with Gasteiger partial charge >= 0.3 is 0 Å². The van der Waals surface area contributed by atoms with Gasteiger partial charge in [0.25, 0.3) is 0 Å². The Morgan fingerprint density at radius 3 is 2.81 bits per heavy atom. The average molecular weight is 288 g/mol. The molecule has 1 N–H and O–H groups in total. The first-order chi connectivity index (χ1) is 10.1. The van der Waals surface area contributed by atoms with E-state index < -0.39 is 0 Å². The molecule has 0 saturated carbocycles. The summed E-state index contributed by atoms with van der Waals surface area (Å²) in [5.41, 5.74) is 2.18. The zero-order valence-corrected chi connectivity index (χ0v) is 13.3. The smallest absolute Gasteiger partial charge is 0.219 e. The number of hydrogen-bond acceptors (Lipinski definition) is 4. The summed E-state index contributed by atoms with van der Waals surface area (Å²) in [5.74, 6) is 1.33. The zero-order chi connectivity index (χ0) is 15.2. The molecule has 2 rings (SSSR count). The van der Waals surface area contributed by atoms with Crippen molar-refractivity contribution >= 4 is 0 Å². The highest BCUT2D eigenvalue weighted by Gasteiger charge is 2.06. The molecular weight excluding hydrogens is 264 g/mol. The number of rotatable bonds is 7. The predicted octanol–water partition coefficient (Wildman–Crippen LogP) is 3.29. The van der Waals surface area contributed by atoms with Gasteiger partial charge in [-0.05, 0) is 18.9 Å². The first-order valence-corrected chi connectivity index (χ1v) is 7.48. The second-order valence-corrected chi connectivity index (χ2v) is 5.47. The standard InChI is InChI=1S/C16H24N4O/c1-5-8-20-11-15(10-18-20)21-16-7-6-14(13(4)19-16)9-17-12(2)3/h6-7,10-12,17H,5,8-9H2,1-4H3. The molecule has 0 amide bonds. The maximum absolute atomic E-state index is 5.75. The lowest BCUT2D eigenvalue weighted by Gasteiger charge is -2.11. The van der Waals surface area contributed by atoms with E-state index in [1.54, 1.807) is 6.20 Å². The molecular formula is C16H24N4O. The fourth-order valence-corrected chi connectivity index (χ4v) is 1.99. The highest BCUT2D eigenvalue weighted by atomic mass is 16.5. The lowest BCUT2D eigenvalue weighted by atomic mass is 10.2. The number of pyridine rings is 1. The fraction of sp³-hybridized carbons (Fsp3) is 0.500. The molecule has 0 aliphatic rings. The van der Waals surface area contributed by atoms with E-state index in [0.29, 0.717) is 11.9 Å². The van der Waals surface area contributed by atoms with Crippen LogP contribution in [0.15, 0.2) is 24.5 Å². The van der Waals surface area contributed by atoms with E-state index in [1.807, 2.05) is 23.9 Å². The summed E-state index contributed by atoms with van der Waals surface area (Å²) in [7, 11) is 0. The Labute approximate surface area is 126 Å². The van der Waals surface area contributed by atoms with E-state index in [0.717, 1.165) is 31.0 Å². The van der Waals surface area contributed by atoms with Gasteiger partial charge in [-0.2, -0.15) is 5.10 Å². The van der Waals surface area contributed by atoms with Gasteiger partial charge in [-0.3, -0.25) is 4.68 Å². The monoisotopic (exact) mass is 288 g/mol. The van der Waals surface area contributed by atoms with Gasteiger partial charge in [0.15, 0.2) is 5.75 Å². The van der Waals surface area contributed by atoms with Gasteiger partial charge in [0.1, 0.15) is 0 Å². The summed E-state index contributed by atoms with van der Waals surface area (Å²) in [4.78, 5) is 4.50. The Kier molecular flexibility index (Phi) is 5.33. The van der Waals surface area contributed by atoms with Crippen molar-refractivity contribution in [1.82, 2.24) is 20.1 Å². The lowest BCUT2D eigenvalue weighted by Crippen LogP contribution is -2.22. The van der Waals surface area contributed by atoms with Gasteiger partial charge in [-0.15, -0.1) is 0 Å². The van der Waals surface area contributed by atoms with Crippen LogP contribution in [0.4, 0.5) is 0 Å². The van der Waals surface area contributed by atoms with Crippen LogP contribution in [0.5, 0.6) is 11.6 Å². The first kappa shape index (κ1) is 15.5. The summed E-state index contributed by atoms with van der Waals surface area (Å²) in [6, 6.07) is 4.43. The van der Waals surface area contributed by atoms with E-state index in [-0.39, 0.29) is 0 Å². The number of hydrogen-bond donors (Lipinski definition) is 1. The molecule has 2 aromatic rings. The van der Waals surface area contributed by atoms with E-state index in [9.17, 15) is 0 Å². The number of nitrogens with one attached hydrogen (secondary N) is 1. The second-order valence-electron chi connectivity index (χ2n) is 5.47. The van der Waals surface area contributed by atoms with Crippen molar-refractivity contribution in [1.29, 1.82) is 0 Å². The van der Waals surface area contributed by atoms with Crippen LogP contribution >= 0.6 is 0 Å². The van der Waals surface area contributed by atoms with Crippen LogP contribution in [-0.2, 0) is 13.1 Å². The molecule has 0 aliphatic heterocycles. The van der Waals surface area contributed by atoms with E-state index in [4.69, 9.17) is 4.74 Å². The van der Waals surface area contributed by atoms with Crippen molar-refractivity contribution in [3.05, 3.63) is 35.8 Å². The average Bonchev–Trinajstić information content (AvgIpc) is 2.85. The third-order valence-electron chi connectivity index (χ3n) is 3.16. The van der Waals surface area contributed by atoms with Crippen molar-refractivity contribution in [2.75, 3.05) is 0 Å². The normalized spacial score (nSPS) is 11.1. The maximum Gasteiger partial charge on any atom is 0.219 e. The molecule has 0 bridgehead atoms. The molecule has 2 aromatic heterocycles. The van der Waals surface area contributed by atoms with Crippen molar-refractivity contribution in [2.24, 2.45) is 0 Å². The minimum Gasteiger partial charge on any atom is -0.436 e. The summed E-state index contributed by atoms with van der Waals surface area (Å²) in [6.45, 7) is 10.1. The van der Waals surface area contributed by atoms with Gasteiger partial charge in [-0.25, -0.2) is 4.98 Å². The minimum absolute atomic E-state index is 0.463. The molecule has 0 aromatic carbocycles. The quantitative estimate of drug-likeness (QED) is 0.849. The molecule has 0 unspecified atom stereocenters. The van der Waals surface area contributed by atoms with Crippen molar-refractivity contribution in [2.45, 2.75) is 53.2 Å². The SMILES string of the molecule is CCCn1cc(Oc2ccc(CNC(C)C)c(C)n2)cn1. The van der Waals surface area contributed by atoms with Crippen LogP contribution in [0.1, 0.15) is 38.4 Å². The van der Waals surface area contributed by atoms with Crippen LogP contribution in [0.3, 0.4) is 0 Å². The van der Waals surface area contributed by atoms with Crippen molar-refractivity contribution in [3.8, 4) is 11.6 Å². The van der Waals surface area contributed by atoms with Gasteiger partial charge in [0, 0.05) is 30.9 Å². The molecule has 5 heteroatoms. The Morgan fingerprint density at radius 1 is 1.33 bits per heavy atom. The summed E-state index contributed by atoms with van der Waals surface area (Å²) >= 11 is 0. The highest BCUT2D eigenvalue weighted by molar-refractivity contribution is 5.28. The lowest BCUT2D eigenvalue weighted by molar-refractivity contribution is 0.459. The molecule has 21 heavy (non-hydrogen) atoms. The van der Waals surface area contributed by atoms with Crippen LogP contribution in [0.25, 0.3) is 0 Å². The number of nitrogens with zero attached hydrogens (tertiary/aromatic N) is 3. The van der Waals surface area contributed by atoms with Crippen LogP contribution in [0.2, 0.25) is 0 Å². The fourth-order valence-electron chi connectivity index (χ4n) is 1.99. The summed E-state index contributed by atoms with van der Waals surface area (Å²) < 4.78 is 7.63. The van der Waals surface area contributed by atoms with E-state index in [1.165, 1.54) is 5.56 Å². The molecule has 0 fully saturated rings. The number of ether oxygens (including phenoxy) is 1. The Hall–Kier alpha value is -1.88. The second kappa shape index (κ2) is 7.22. The molecule has 0 aliphatic carbocycles. The largest absolute Gasteiger partial charge is 0.436 e. The van der Waals surface area contributed by atoms with E-state index >= 15 is 0 Å². The van der Waals surface area contributed by atoms with Crippen LogP contribution in [-0.4, -0.2) is 20.8 Å². The Morgan fingerprint density at radius 2 is 2.14 bits per heavy atom. The van der Waals surface area contributed by atoms with Gasteiger partial charge in [0.05, 0.1) is 12.4 Å². The molecule has 0 saturated heterocycles. The Balaban J connectivity index is 2.01. The highest BCUT2D eigenvalue weighted by Crippen LogP contribution is 2.20. The van der Waals surface area contributed by atoms with Gasteiger partial charge in [-0.1, -0.05) is 26.8 Å². The van der Waals surface area contributed by atoms with E-state index in [2.05, 4.69) is 42.2 Å². The minimum atomic E-state index is 0.463. The number of aryl methyl sites for hydroxylation is 2. The van der Waals surface area contributed by atoms with Gasteiger partial charge in [0.2, 0.25) is 5.88 Å². The third kappa shape index (κ3) is 4.56. The molecule has 0 radical (unpaired) electrons. The zero-order valence-electron chi connectivity index (χ0n) is 13.3. The van der Waals surface area contributed by atoms with Gasteiger partial charge < -0.3 is 10.1 Å². The summed E-state index contributed by atoms with van der Waals surface area (Å²) in [5, 5.41) is 7.64.